The van der Waals surface area contributed by atoms with Gasteiger partial charge in [-0.25, -0.2) is 0 Å². The first-order chi connectivity index (χ1) is 8.47. The molecule has 1 aromatic rings. The van der Waals surface area contributed by atoms with Gasteiger partial charge in [-0.05, 0) is 36.0 Å². The zero-order valence-corrected chi connectivity index (χ0v) is 12.5. The molecule has 0 aliphatic heterocycles. The van der Waals surface area contributed by atoms with Gasteiger partial charge < -0.3 is 5.11 Å². The molecule has 0 saturated heterocycles. The Morgan fingerprint density at radius 1 is 1.06 bits per heavy atom. The summed E-state index contributed by atoms with van der Waals surface area (Å²) in [4.78, 5) is 1.29. The summed E-state index contributed by atoms with van der Waals surface area (Å²) in [6, 6.07) is 8.84. The number of aliphatic hydroxyl groups is 1. The van der Waals surface area contributed by atoms with Crippen LogP contribution in [0.5, 0.6) is 0 Å². The summed E-state index contributed by atoms with van der Waals surface area (Å²) in [6.45, 7) is 6.71. The normalized spacial score (nSPS) is 25.1. The maximum atomic E-state index is 9.99. The summed E-state index contributed by atoms with van der Waals surface area (Å²) < 4.78 is 0. The van der Waals surface area contributed by atoms with Crippen LogP contribution in [0, 0.1) is 0 Å². The molecule has 0 aromatic heterocycles. The van der Waals surface area contributed by atoms with Gasteiger partial charge in [-0.3, -0.25) is 0 Å². The second-order valence-electron chi connectivity index (χ2n) is 6.28. The Morgan fingerprint density at radius 2 is 1.67 bits per heavy atom. The number of hydrogen-bond donors (Lipinski definition) is 1. The first-order valence-electron chi connectivity index (χ1n) is 6.92. The lowest BCUT2D eigenvalue weighted by molar-refractivity contribution is 0.137. The van der Waals surface area contributed by atoms with Gasteiger partial charge in [-0.2, -0.15) is 0 Å². The second kappa shape index (κ2) is 5.66. The first kappa shape index (κ1) is 14.0. The van der Waals surface area contributed by atoms with Gasteiger partial charge in [0.05, 0.1) is 6.10 Å². The van der Waals surface area contributed by atoms with Gasteiger partial charge in [-0.1, -0.05) is 45.7 Å². The molecule has 0 bridgehead atoms. The third kappa shape index (κ3) is 3.52. The molecule has 1 fully saturated rings. The molecule has 1 N–H and O–H groups in total. The number of thioether (sulfide) groups is 1. The summed E-state index contributed by atoms with van der Waals surface area (Å²) in [5.74, 6) is 0. The summed E-state index contributed by atoms with van der Waals surface area (Å²) >= 11 is 1.84. The van der Waals surface area contributed by atoms with Crippen molar-refractivity contribution >= 4 is 11.8 Å². The van der Waals surface area contributed by atoms with Crippen LogP contribution >= 0.6 is 11.8 Å². The van der Waals surface area contributed by atoms with Crippen molar-refractivity contribution in [1.29, 1.82) is 0 Å². The highest BCUT2D eigenvalue weighted by molar-refractivity contribution is 8.00. The Kier molecular flexibility index (Phi) is 4.39. The average molecular weight is 264 g/mol. The van der Waals surface area contributed by atoms with Crippen molar-refractivity contribution in [1.82, 2.24) is 0 Å². The van der Waals surface area contributed by atoms with Crippen LogP contribution < -0.4 is 0 Å². The minimum absolute atomic E-state index is 0.119. The second-order valence-corrected chi connectivity index (χ2v) is 7.60. The molecule has 0 spiro atoms. The zero-order chi connectivity index (χ0) is 13.2. The SMILES string of the molecule is CC(C)(C)c1ccc(SC2CCCCC2O)cc1. The first-order valence-corrected chi connectivity index (χ1v) is 7.80. The highest BCUT2D eigenvalue weighted by atomic mass is 32.2. The van der Waals surface area contributed by atoms with E-state index in [0.717, 1.165) is 12.8 Å². The Bertz CT molecular complexity index is 377. The Hall–Kier alpha value is -0.470. The fourth-order valence-electron chi connectivity index (χ4n) is 2.42. The van der Waals surface area contributed by atoms with Crippen LogP contribution in [0.2, 0.25) is 0 Å². The monoisotopic (exact) mass is 264 g/mol. The molecule has 1 nitrogen and oxygen atoms in total. The van der Waals surface area contributed by atoms with E-state index in [1.807, 2.05) is 11.8 Å². The molecular weight excluding hydrogens is 240 g/mol. The smallest absolute Gasteiger partial charge is 0.0662 e. The lowest BCUT2D eigenvalue weighted by atomic mass is 9.87. The van der Waals surface area contributed by atoms with Crippen LogP contribution in [0.15, 0.2) is 29.2 Å². The van der Waals surface area contributed by atoms with Crippen LogP contribution in [0.25, 0.3) is 0 Å². The predicted molar refractivity (Wildman–Crippen MR) is 79.3 cm³/mol. The largest absolute Gasteiger partial charge is 0.392 e. The number of rotatable bonds is 2. The van der Waals surface area contributed by atoms with Crippen LogP contribution in [-0.2, 0) is 5.41 Å². The van der Waals surface area contributed by atoms with Gasteiger partial charge in [0.1, 0.15) is 0 Å². The minimum Gasteiger partial charge on any atom is -0.392 e. The summed E-state index contributed by atoms with van der Waals surface area (Å²) in [6.07, 6.45) is 4.44. The van der Waals surface area contributed by atoms with Gasteiger partial charge in [0.2, 0.25) is 0 Å². The van der Waals surface area contributed by atoms with E-state index in [2.05, 4.69) is 45.0 Å². The molecule has 2 atom stereocenters. The highest BCUT2D eigenvalue weighted by Crippen LogP contribution is 2.34. The van der Waals surface area contributed by atoms with Crippen LogP contribution in [-0.4, -0.2) is 16.5 Å². The number of hydrogen-bond acceptors (Lipinski definition) is 2. The molecule has 0 heterocycles. The molecule has 100 valence electrons. The zero-order valence-electron chi connectivity index (χ0n) is 11.6. The van der Waals surface area contributed by atoms with Crippen LogP contribution in [0.3, 0.4) is 0 Å². The summed E-state index contributed by atoms with van der Waals surface area (Å²) in [7, 11) is 0. The average Bonchev–Trinajstić information content (AvgIpc) is 2.32. The fourth-order valence-corrected chi connectivity index (χ4v) is 3.64. The number of aliphatic hydroxyl groups excluding tert-OH is 1. The van der Waals surface area contributed by atoms with E-state index < -0.39 is 0 Å². The van der Waals surface area contributed by atoms with E-state index in [0.29, 0.717) is 5.25 Å². The Labute approximate surface area is 115 Å². The summed E-state index contributed by atoms with van der Waals surface area (Å²) in [5.41, 5.74) is 1.59. The van der Waals surface area contributed by atoms with Gasteiger partial charge in [0.25, 0.3) is 0 Å². The van der Waals surface area contributed by atoms with Crippen molar-refractivity contribution in [2.24, 2.45) is 0 Å². The summed E-state index contributed by atoms with van der Waals surface area (Å²) in [5, 5.41) is 10.4. The molecule has 0 amide bonds. The van der Waals surface area contributed by atoms with Crippen LogP contribution in [0.4, 0.5) is 0 Å². The molecule has 1 aliphatic carbocycles. The van der Waals surface area contributed by atoms with E-state index in [-0.39, 0.29) is 11.5 Å². The van der Waals surface area contributed by atoms with Gasteiger partial charge in [-0.15, -0.1) is 11.8 Å². The molecule has 1 aliphatic rings. The fraction of sp³-hybridized carbons (Fsp3) is 0.625. The van der Waals surface area contributed by atoms with Gasteiger partial charge >= 0.3 is 0 Å². The van der Waals surface area contributed by atoms with Crippen molar-refractivity contribution in [3.8, 4) is 0 Å². The van der Waals surface area contributed by atoms with E-state index in [4.69, 9.17) is 0 Å². The van der Waals surface area contributed by atoms with Gasteiger partial charge in [0.15, 0.2) is 0 Å². The highest BCUT2D eigenvalue weighted by Gasteiger charge is 2.24. The van der Waals surface area contributed by atoms with E-state index in [9.17, 15) is 5.11 Å². The predicted octanol–water partition coefficient (Wildman–Crippen LogP) is 4.38. The van der Waals surface area contributed by atoms with E-state index in [1.54, 1.807) is 0 Å². The van der Waals surface area contributed by atoms with Crippen molar-refractivity contribution in [3.63, 3.8) is 0 Å². The quantitative estimate of drug-likeness (QED) is 0.855. The van der Waals surface area contributed by atoms with Crippen molar-refractivity contribution in [3.05, 3.63) is 29.8 Å². The minimum atomic E-state index is -0.119. The van der Waals surface area contributed by atoms with E-state index in [1.165, 1.54) is 23.3 Å². The number of benzene rings is 1. The Morgan fingerprint density at radius 3 is 2.22 bits per heavy atom. The maximum absolute atomic E-state index is 9.99. The third-order valence-electron chi connectivity index (χ3n) is 3.68. The molecule has 2 unspecified atom stereocenters. The van der Waals surface area contributed by atoms with E-state index >= 15 is 0 Å². The lowest BCUT2D eigenvalue weighted by Crippen LogP contribution is -2.26. The van der Waals surface area contributed by atoms with Crippen LogP contribution in [0.1, 0.15) is 52.0 Å². The topological polar surface area (TPSA) is 20.2 Å². The van der Waals surface area contributed by atoms with Crippen molar-refractivity contribution in [2.75, 3.05) is 0 Å². The molecule has 0 radical (unpaired) electrons. The van der Waals surface area contributed by atoms with Gasteiger partial charge in [0, 0.05) is 10.1 Å². The molecule has 1 aromatic carbocycles. The Balaban J connectivity index is 2.02. The standard InChI is InChI=1S/C16H24OS/c1-16(2,3)12-8-10-13(11-9-12)18-15-7-5-4-6-14(15)17/h8-11,14-15,17H,4-7H2,1-3H3. The molecule has 2 heteroatoms. The third-order valence-corrected chi connectivity index (χ3v) is 5.07. The van der Waals surface area contributed by atoms with Crippen molar-refractivity contribution < 1.29 is 5.11 Å². The molecule has 18 heavy (non-hydrogen) atoms. The lowest BCUT2D eigenvalue weighted by Gasteiger charge is -2.27. The molecule has 1 saturated carbocycles. The molecular formula is C16H24OS. The molecule has 2 rings (SSSR count). The maximum Gasteiger partial charge on any atom is 0.0662 e. The van der Waals surface area contributed by atoms with Crippen molar-refractivity contribution in [2.45, 2.75) is 68.1 Å².